The van der Waals surface area contributed by atoms with Gasteiger partial charge in [-0.25, -0.2) is 0 Å². The minimum atomic E-state index is -0.472. The van der Waals surface area contributed by atoms with Gasteiger partial charge in [-0.15, -0.1) is 11.3 Å². The van der Waals surface area contributed by atoms with E-state index in [4.69, 9.17) is 5.73 Å². The number of rotatable bonds is 4. The fourth-order valence-corrected chi connectivity index (χ4v) is 4.01. The molecule has 0 atom stereocenters. The lowest BCUT2D eigenvalue weighted by Crippen LogP contribution is -2.17. The molecule has 1 heterocycles. The Bertz CT molecular complexity index is 735. The largest absolute Gasteiger partial charge is 0.388 e. The topological polar surface area (TPSA) is 84.2 Å². The van der Waals surface area contributed by atoms with Crippen molar-refractivity contribution < 1.29 is 9.59 Å². The molecular weight excluding hydrogens is 298 g/mol. The number of benzene rings is 1. The third kappa shape index (κ3) is 2.57. The second-order valence-corrected chi connectivity index (χ2v) is 6.31. The van der Waals surface area contributed by atoms with Gasteiger partial charge in [-0.2, -0.15) is 0 Å². The van der Waals surface area contributed by atoms with Crippen molar-refractivity contribution in [2.24, 2.45) is 5.73 Å². The lowest BCUT2D eigenvalue weighted by molar-refractivity contribution is 0.100. The first kappa shape index (κ1) is 14.6. The molecule has 0 unspecified atom stereocenters. The number of fused-ring (bicyclic) bond motifs is 1. The molecule has 1 aromatic heterocycles. The maximum atomic E-state index is 12.3. The summed E-state index contributed by atoms with van der Waals surface area (Å²) >= 11 is 1.46. The number of nitrogens with one attached hydrogen (secondary N) is 2. The van der Waals surface area contributed by atoms with E-state index >= 15 is 0 Å². The minimum Gasteiger partial charge on any atom is -0.388 e. The number of nitrogens with two attached hydrogens (primary N) is 1. The molecule has 3 rings (SSSR count). The Morgan fingerprint density at radius 3 is 2.55 bits per heavy atom. The van der Waals surface area contributed by atoms with Gasteiger partial charge in [-0.3, -0.25) is 9.59 Å². The van der Waals surface area contributed by atoms with Crippen LogP contribution in [0.2, 0.25) is 0 Å². The van der Waals surface area contributed by atoms with Gasteiger partial charge in [0.15, 0.2) is 0 Å². The fourth-order valence-electron chi connectivity index (χ4n) is 2.72. The second-order valence-electron chi connectivity index (χ2n) is 5.21. The molecule has 2 aromatic rings. The molecule has 22 heavy (non-hydrogen) atoms. The van der Waals surface area contributed by atoms with Crippen molar-refractivity contribution >= 4 is 33.8 Å². The normalized spacial score (nSPS) is 12.8. The van der Waals surface area contributed by atoms with E-state index in [1.54, 1.807) is 12.1 Å². The third-order valence-electron chi connectivity index (χ3n) is 3.83. The number of carbonyl (C=O) groups excluding carboxylic acids is 2. The van der Waals surface area contributed by atoms with Gasteiger partial charge in [-0.1, -0.05) is 0 Å². The standard InChI is InChI=1S/C16H17N3O2S/c1-18-10-7-5-9(6-8-10)15(21)19-16-13(14(17)20)11-3-2-4-12(11)22-16/h5-8,18H,2-4H2,1H3,(H2,17,20)(H,19,21). The summed E-state index contributed by atoms with van der Waals surface area (Å²) in [4.78, 5) is 25.2. The number of hydrogen-bond acceptors (Lipinski definition) is 4. The molecular formula is C16H17N3O2S. The Balaban J connectivity index is 1.86. The quantitative estimate of drug-likeness (QED) is 0.811. The second kappa shape index (κ2) is 5.81. The van der Waals surface area contributed by atoms with Crippen LogP contribution < -0.4 is 16.4 Å². The Morgan fingerprint density at radius 1 is 1.18 bits per heavy atom. The van der Waals surface area contributed by atoms with Crippen LogP contribution >= 0.6 is 11.3 Å². The highest BCUT2D eigenvalue weighted by molar-refractivity contribution is 7.17. The van der Waals surface area contributed by atoms with Crippen molar-refractivity contribution in [3.05, 3.63) is 45.8 Å². The molecule has 2 amide bonds. The van der Waals surface area contributed by atoms with Gasteiger partial charge in [0.2, 0.25) is 0 Å². The lowest BCUT2D eigenvalue weighted by atomic mass is 10.1. The molecule has 0 bridgehead atoms. The molecule has 0 spiro atoms. The van der Waals surface area contributed by atoms with Gasteiger partial charge in [0.1, 0.15) is 5.00 Å². The van der Waals surface area contributed by atoms with Gasteiger partial charge < -0.3 is 16.4 Å². The monoisotopic (exact) mass is 315 g/mol. The predicted octanol–water partition coefficient (Wildman–Crippen LogP) is 2.63. The highest BCUT2D eigenvalue weighted by atomic mass is 32.1. The van der Waals surface area contributed by atoms with Gasteiger partial charge in [0, 0.05) is 23.2 Å². The highest BCUT2D eigenvalue weighted by Gasteiger charge is 2.26. The molecule has 6 heteroatoms. The van der Waals surface area contributed by atoms with Crippen LogP contribution in [0.25, 0.3) is 0 Å². The number of primary amides is 1. The van der Waals surface area contributed by atoms with Crippen LogP contribution in [0.3, 0.4) is 0 Å². The summed E-state index contributed by atoms with van der Waals surface area (Å²) in [5.41, 5.74) is 8.47. The molecule has 1 aliphatic rings. The summed E-state index contributed by atoms with van der Waals surface area (Å²) in [5, 5.41) is 6.40. The Kier molecular flexibility index (Phi) is 3.85. The van der Waals surface area contributed by atoms with Crippen LogP contribution in [-0.4, -0.2) is 18.9 Å². The number of hydrogen-bond donors (Lipinski definition) is 3. The zero-order valence-corrected chi connectivity index (χ0v) is 13.0. The van der Waals surface area contributed by atoms with E-state index in [2.05, 4.69) is 10.6 Å². The summed E-state index contributed by atoms with van der Waals surface area (Å²) in [6.07, 6.45) is 2.85. The van der Waals surface area contributed by atoms with E-state index in [9.17, 15) is 9.59 Å². The fraction of sp³-hybridized carbons (Fsp3) is 0.250. The maximum absolute atomic E-state index is 12.3. The number of carbonyl (C=O) groups is 2. The minimum absolute atomic E-state index is 0.231. The van der Waals surface area contributed by atoms with E-state index in [0.717, 1.165) is 35.4 Å². The molecule has 114 valence electrons. The van der Waals surface area contributed by atoms with Crippen molar-refractivity contribution in [2.75, 3.05) is 17.7 Å². The Labute approximate surface area is 132 Å². The van der Waals surface area contributed by atoms with Crippen molar-refractivity contribution in [3.8, 4) is 0 Å². The van der Waals surface area contributed by atoms with E-state index in [0.29, 0.717) is 16.1 Å². The van der Waals surface area contributed by atoms with Gasteiger partial charge in [0.05, 0.1) is 5.56 Å². The zero-order valence-electron chi connectivity index (χ0n) is 12.2. The van der Waals surface area contributed by atoms with E-state index in [-0.39, 0.29) is 5.91 Å². The van der Waals surface area contributed by atoms with Crippen LogP contribution in [-0.2, 0) is 12.8 Å². The van der Waals surface area contributed by atoms with Gasteiger partial charge in [0.25, 0.3) is 11.8 Å². The van der Waals surface area contributed by atoms with E-state index in [1.807, 2.05) is 19.2 Å². The Hall–Kier alpha value is -2.34. The van der Waals surface area contributed by atoms with Crippen LogP contribution in [0.1, 0.15) is 37.6 Å². The zero-order chi connectivity index (χ0) is 15.7. The average Bonchev–Trinajstić information content (AvgIpc) is 3.07. The molecule has 1 aliphatic carbocycles. The molecule has 0 fully saturated rings. The third-order valence-corrected chi connectivity index (χ3v) is 5.04. The summed E-state index contributed by atoms with van der Waals surface area (Å²) in [7, 11) is 1.82. The molecule has 1 aromatic carbocycles. The molecule has 4 N–H and O–H groups in total. The van der Waals surface area contributed by atoms with Crippen molar-refractivity contribution in [3.63, 3.8) is 0 Å². The number of anilines is 2. The molecule has 0 saturated heterocycles. The number of aryl methyl sites for hydroxylation is 1. The summed E-state index contributed by atoms with van der Waals surface area (Å²) in [6.45, 7) is 0. The smallest absolute Gasteiger partial charge is 0.256 e. The first-order valence-electron chi connectivity index (χ1n) is 7.13. The SMILES string of the molecule is CNc1ccc(C(=O)Nc2sc3c(c2C(N)=O)CCC3)cc1. The summed E-state index contributed by atoms with van der Waals surface area (Å²) in [5.74, 6) is -0.703. The van der Waals surface area contributed by atoms with Crippen LogP contribution in [0.15, 0.2) is 24.3 Å². The number of amides is 2. The van der Waals surface area contributed by atoms with Crippen molar-refractivity contribution in [1.29, 1.82) is 0 Å². The predicted molar refractivity (Wildman–Crippen MR) is 88.8 cm³/mol. The van der Waals surface area contributed by atoms with Gasteiger partial charge >= 0.3 is 0 Å². The van der Waals surface area contributed by atoms with Crippen molar-refractivity contribution in [1.82, 2.24) is 0 Å². The van der Waals surface area contributed by atoms with E-state index in [1.165, 1.54) is 11.3 Å². The molecule has 0 aliphatic heterocycles. The van der Waals surface area contributed by atoms with Gasteiger partial charge in [-0.05, 0) is 49.1 Å². The first-order chi connectivity index (χ1) is 10.6. The van der Waals surface area contributed by atoms with Crippen LogP contribution in [0, 0.1) is 0 Å². The summed E-state index contributed by atoms with van der Waals surface area (Å²) < 4.78 is 0. The first-order valence-corrected chi connectivity index (χ1v) is 7.95. The highest BCUT2D eigenvalue weighted by Crippen LogP contribution is 2.39. The number of thiophene rings is 1. The molecule has 5 nitrogen and oxygen atoms in total. The van der Waals surface area contributed by atoms with Crippen LogP contribution in [0.4, 0.5) is 10.7 Å². The Morgan fingerprint density at radius 2 is 1.91 bits per heavy atom. The lowest BCUT2D eigenvalue weighted by Gasteiger charge is -2.07. The van der Waals surface area contributed by atoms with E-state index < -0.39 is 5.91 Å². The van der Waals surface area contributed by atoms with Crippen molar-refractivity contribution in [2.45, 2.75) is 19.3 Å². The maximum Gasteiger partial charge on any atom is 0.256 e. The van der Waals surface area contributed by atoms with Crippen LogP contribution in [0.5, 0.6) is 0 Å². The summed E-state index contributed by atoms with van der Waals surface area (Å²) in [6, 6.07) is 7.15. The molecule has 0 radical (unpaired) electrons. The molecule has 0 saturated carbocycles. The average molecular weight is 315 g/mol.